The summed E-state index contributed by atoms with van der Waals surface area (Å²) in [4.78, 5) is 0. The molecule has 2 heterocycles. The Hall–Kier alpha value is -3.98. The van der Waals surface area contributed by atoms with Crippen molar-refractivity contribution in [2.45, 2.75) is 23.9 Å². The van der Waals surface area contributed by atoms with Crippen LogP contribution < -0.4 is 4.74 Å². The van der Waals surface area contributed by atoms with Crippen molar-refractivity contribution in [2.24, 2.45) is 0 Å². The minimum absolute atomic E-state index is 0.0607. The number of nitrogens with zero attached hydrogens (tertiary/aromatic N) is 5. The lowest BCUT2D eigenvalue weighted by Crippen LogP contribution is -2.07. The van der Waals surface area contributed by atoms with Crippen LogP contribution in [0, 0.1) is 5.82 Å². The average molecular weight is 474 g/mol. The van der Waals surface area contributed by atoms with E-state index < -0.39 is 5.82 Å². The maximum absolute atomic E-state index is 14.0. The summed E-state index contributed by atoms with van der Waals surface area (Å²) in [5.74, 6) is 1.78. The Morgan fingerprint density at radius 3 is 2.29 bits per heavy atom. The molecule has 5 rings (SSSR count). The maximum atomic E-state index is 14.0. The minimum atomic E-state index is -0.425. The second-order valence-electron chi connectivity index (χ2n) is 7.33. The summed E-state index contributed by atoms with van der Waals surface area (Å²) in [6.07, 6.45) is 0.580. The van der Waals surface area contributed by atoms with Gasteiger partial charge >= 0.3 is 0 Å². The third-order valence-corrected chi connectivity index (χ3v) is 5.85. The maximum Gasteiger partial charge on any atom is 0.226 e. The molecule has 0 spiro atoms. The molecule has 34 heavy (non-hydrogen) atoms. The molecule has 170 valence electrons. The van der Waals surface area contributed by atoms with Gasteiger partial charge in [0.25, 0.3) is 0 Å². The van der Waals surface area contributed by atoms with Crippen molar-refractivity contribution in [3.63, 3.8) is 0 Å². The van der Waals surface area contributed by atoms with Crippen molar-refractivity contribution >= 4 is 11.8 Å². The molecular formula is C25H20FN5O2S. The summed E-state index contributed by atoms with van der Waals surface area (Å²) in [5, 5.41) is 17.6. The molecule has 0 atom stereocenters. The van der Waals surface area contributed by atoms with Gasteiger partial charge in [0.15, 0.2) is 22.5 Å². The molecule has 3 aromatic carbocycles. The Balaban J connectivity index is 1.32. The van der Waals surface area contributed by atoms with Crippen molar-refractivity contribution in [3.05, 3.63) is 114 Å². The van der Waals surface area contributed by atoms with Gasteiger partial charge in [-0.2, -0.15) is 0 Å². The van der Waals surface area contributed by atoms with Gasteiger partial charge in [0.05, 0.1) is 12.2 Å². The van der Waals surface area contributed by atoms with E-state index in [1.165, 1.54) is 17.8 Å². The number of benzene rings is 3. The Labute approximate surface area is 199 Å². The molecule has 0 fully saturated rings. The topological polar surface area (TPSA) is 78.9 Å². The Morgan fingerprint density at radius 2 is 1.50 bits per heavy atom. The van der Waals surface area contributed by atoms with E-state index in [-0.39, 0.29) is 12.4 Å². The van der Waals surface area contributed by atoms with Crippen LogP contribution >= 0.6 is 11.8 Å². The van der Waals surface area contributed by atoms with Crippen LogP contribution in [0.2, 0.25) is 0 Å². The van der Waals surface area contributed by atoms with E-state index in [0.717, 1.165) is 11.3 Å². The van der Waals surface area contributed by atoms with Crippen LogP contribution in [-0.4, -0.2) is 25.0 Å². The molecule has 0 bridgehead atoms. The lowest BCUT2D eigenvalue weighted by Gasteiger charge is -2.11. The van der Waals surface area contributed by atoms with Crippen molar-refractivity contribution in [1.29, 1.82) is 0 Å². The number of para-hydroxylation sites is 2. The molecule has 0 unspecified atom stereocenters. The SMILES string of the molecule is Fc1ccccc1OCc1nnc(SCc2nnc(Cc3ccccc3)o2)n1-c1ccccc1. The van der Waals surface area contributed by atoms with Crippen LogP contribution in [0.25, 0.3) is 5.69 Å². The summed E-state index contributed by atoms with van der Waals surface area (Å²) >= 11 is 1.42. The fourth-order valence-electron chi connectivity index (χ4n) is 3.34. The quantitative estimate of drug-likeness (QED) is 0.271. The minimum Gasteiger partial charge on any atom is -0.483 e. The second kappa shape index (κ2) is 10.3. The monoisotopic (exact) mass is 473 g/mol. The van der Waals surface area contributed by atoms with E-state index in [1.54, 1.807) is 18.2 Å². The Bertz CT molecular complexity index is 1360. The molecule has 0 N–H and O–H groups in total. The van der Waals surface area contributed by atoms with E-state index in [4.69, 9.17) is 9.15 Å². The summed E-state index contributed by atoms with van der Waals surface area (Å²) in [6.45, 7) is 0.0607. The second-order valence-corrected chi connectivity index (χ2v) is 8.27. The highest BCUT2D eigenvalue weighted by molar-refractivity contribution is 7.98. The van der Waals surface area contributed by atoms with Gasteiger partial charge in [-0.3, -0.25) is 4.57 Å². The number of hydrogen-bond donors (Lipinski definition) is 0. The van der Waals surface area contributed by atoms with E-state index in [1.807, 2.05) is 65.2 Å². The Morgan fingerprint density at radius 1 is 0.794 bits per heavy atom. The van der Waals surface area contributed by atoms with Crippen molar-refractivity contribution in [3.8, 4) is 11.4 Å². The lowest BCUT2D eigenvalue weighted by atomic mass is 10.2. The summed E-state index contributed by atoms with van der Waals surface area (Å²) in [5.41, 5.74) is 1.98. The van der Waals surface area contributed by atoms with Gasteiger partial charge in [0.2, 0.25) is 11.8 Å². The molecule has 5 aromatic rings. The smallest absolute Gasteiger partial charge is 0.226 e. The van der Waals surface area contributed by atoms with E-state index in [2.05, 4.69) is 20.4 Å². The molecule has 0 radical (unpaired) electrons. The van der Waals surface area contributed by atoms with Crippen LogP contribution in [0.5, 0.6) is 5.75 Å². The van der Waals surface area contributed by atoms with Gasteiger partial charge in [-0.05, 0) is 29.8 Å². The Kier molecular flexibility index (Phi) is 6.62. The number of rotatable bonds is 9. The molecule has 0 aliphatic rings. The number of aromatic nitrogens is 5. The van der Waals surface area contributed by atoms with Crippen LogP contribution in [0.15, 0.2) is 94.5 Å². The zero-order valence-electron chi connectivity index (χ0n) is 18.0. The fourth-order valence-corrected chi connectivity index (χ4v) is 4.15. The first-order valence-corrected chi connectivity index (χ1v) is 11.6. The molecule has 7 nitrogen and oxygen atoms in total. The number of halogens is 1. The molecule has 0 saturated heterocycles. The summed E-state index contributed by atoms with van der Waals surface area (Å²) in [7, 11) is 0. The van der Waals surface area contributed by atoms with Gasteiger partial charge in [0, 0.05) is 5.69 Å². The van der Waals surface area contributed by atoms with E-state index >= 15 is 0 Å². The zero-order chi connectivity index (χ0) is 23.2. The van der Waals surface area contributed by atoms with Gasteiger partial charge in [-0.15, -0.1) is 20.4 Å². The van der Waals surface area contributed by atoms with Gasteiger partial charge in [-0.1, -0.05) is 72.4 Å². The fraction of sp³-hybridized carbons (Fsp3) is 0.120. The lowest BCUT2D eigenvalue weighted by molar-refractivity contribution is 0.278. The molecule has 2 aromatic heterocycles. The highest BCUT2D eigenvalue weighted by Gasteiger charge is 2.17. The zero-order valence-corrected chi connectivity index (χ0v) is 18.9. The molecule has 0 saturated carbocycles. The third-order valence-electron chi connectivity index (χ3n) is 4.94. The van der Waals surface area contributed by atoms with Crippen LogP contribution in [0.1, 0.15) is 23.2 Å². The number of ether oxygens (including phenoxy) is 1. The largest absolute Gasteiger partial charge is 0.483 e. The molecule has 9 heteroatoms. The van der Waals surface area contributed by atoms with Crippen molar-refractivity contribution in [2.75, 3.05) is 0 Å². The van der Waals surface area contributed by atoms with E-state index in [0.29, 0.717) is 34.9 Å². The summed E-state index contributed by atoms with van der Waals surface area (Å²) in [6, 6.07) is 25.9. The van der Waals surface area contributed by atoms with Gasteiger partial charge in [0.1, 0.15) is 6.61 Å². The predicted molar refractivity (Wildman–Crippen MR) is 125 cm³/mol. The molecule has 0 aliphatic heterocycles. The number of thioether (sulfide) groups is 1. The van der Waals surface area contributed by atoms with Crippen LogP contribution in [0.4, 0.5) is 4.39 Å². The standard InChI is InChI=1S/C25H20FN5O2S/c26-20-13-7-8-14-21(20)32-16-22-27-30-25(31(22)19-11-5-2-6-12-19)34-17-24-29-28-23(33-24)15-18-9-3-1-4-10-18/h1-14H,15-17H2. The first-order chi connectivity index (χ1) is 16.8. The molecule has 0 aliphatic carbocycles. The predicted octanol–water partition coefficient (Wildman–Crippen LogP) is 5.25. The average Bonchev–Trinajstić information content (AvgIpc) is 3.50. The molecular weight excluding hydrogens is 453 g/mol. The van der Waals surface area contributed by atoms with Crippen LogP contribution in [0.3, 0.4) is 0 Å². The first-order valence-electron chi connectivity index (χ1n) is 10.6. The highest BCUT2D eigenvalue weighted by Crippen LogP contribution is 2.26. The molecule has 0 amide bonds. The van der Waals surface area contributed by atoms with Crippen molar-refractivity contribution < 1.29 is 13.5 Å². The normalized spacial score (nSPS) is 11.0. The van der Waals surface area contributed by atoms with E-state index in [9.17, 15) is 4.39 Å². The highest BCUT2D eigenvalue weighted by atomic mass is 32.2. The summed E-state index contributed by atoms with van der Waals surface area (Å²) < 4.78 is 27.3. The van der Waals surface area contributed by atoms with Crippen LogP contribution in [-0.2, 0) is 18.8 Å². The van der Waals surface area contributed by atoms with Gasteiger partial charge in [-0.25, -0.2) is 4.39 Å². The first kappa shape index (κ1) is 21.8. The van der Waals surface area contributed by atoms with Gasteiger partial charge < -0.3 is 9.15 Å². The number of hydrogen-bond acceptors (Lipinski definition) is 7. The van der Waals surface area contributed by atoms with Crippen molar-refractivity contribution in [1.82, 2.24) is 25.0 Å². The third kappa shape index (κ3) is 5.15.